The lowest BCUT2D eigenvalue weighted by molar-refractivity contribution is -0.112. The zero-order valence-electron chi connectivity index (χ0n) is 23.4. The van der Waals surface area contributed by atoms with Crippen LogP contribution in [0.4, 0.5) is 5.69 Å². The van der Waals surface area contributed by atoms with Gasteiger partial charge in [-0.05, 0) is 49.8 Å². The number of hydrogen-bond donors (Lipinski definition) is 6. The smallest absolute Gasteiger partial charge is 0.251 e. The summed E-state index contributed by atoms with van der Waals surface area (Å²) in [4.78, 5) is 18.1. The summed E-state index contributed by atoms with van der Waals surface area (Å²) in [6.45, 7) is 3.03. The maximum absolute atomic E-state index is 12.8. The van der Waals surface area contributed by atoms with Gasteiger partial charge in [0.25, 0.3) is 5.91 Å². The van der Waals surface area contributed by atoms with Crippen LogP contribution >= 0.6 is 11.6 Å². The summed E-state index contributed by atoms with van der Waals surface area (Å²) in [5.74, 6) is -1.61. The van der Waals surface area contributed by atoms with E-state index < -0.39 is 42.0 Å². The third kappa shape index (κ3) is 6.60. The Morgan fingerprint density at radius 1 is 1.07 bits per heavy atom. The van der Waals surface area contributed by atoms with E-state index >= 15 is 0 Å². The largest absolute Gasteiger partial charge is 0.507 e. The van der Waals surface area contributed by atoms with Crippen molar-refractivity contribution in [2.24, 2.45) is 5.16 Å². The minimum absolute atomic E-state index is 0.00671. The number of anilines is 1. The Morgan fingerprint density at radius 2 is 1.86 bits per heavy atom. The van der Waals surface area contributed by atoms with Crippen molar-refractivity contribution in [2.45, 2.75) is 45.1 Å². The molecule has 4 atom stereocenters. The highest BCUT2D eigenvalue weighted by molar-refractivity contribution is 6.30. The summed E-state index contributed by atoms with van der Waals surface area (Å²) >= 11 is 5.97. The molecule has 2 aliphatic heterocycles. The van der Waals surface area contributed by atoms with Crippen molar-refractivity contribution in [1.29, 1.82) is 0 Å². The lowest BCUT2D eigenvalue weighted by atomic mass is 10.1. The number of benzene rings is 3. The molecule has 0 saturated carbocycles. The van der Waals surface area contributed by atoms with Crippen LogP contribution in [-0.2, 0) is 21.0 Å². The van der Waals surface area contributed by atoms with Crippen LogP contribution in [0.5, 0.6) is 34.5 Å². The van der Waals surface area contributed by atoms with Crippen molar-refractivity contribution in [3.63, 3.8) is 0 Å². The van der Waals surface area contributed by atoms with E-state index in [-0.39, 0.29) is 58.9 Å². The number of rotatable bonds is 9. The SMILES string of the molecule is C/C(=C\c1ccc(O[C@@H]2O[C@H](/C(C)=N/OCc3cccc(Cl)c3)[C@@H](O)[C@@H]2O)cc1O)C(=O)Nc1c(O)cc2c(c1O)OCO2. The van der Waals surface area contributed by atoms with Crippen LogP contribution in [0.3, 0.4) is 0 Å². The van der Waals surface area contributed by atoms with E-state index in [2.05, 4.69) is 10.5 Å². The minimum Gasteiger partial charge on any atom is -0.507 e. The summed E-state index contributed by atoms with van der Waals surface area (Å²) in [6.07, 6.45) is -3.73. The van der Waals surface area contributed by atoms with Crippen LogP contribution in [0.1, 0.15) is 25.0 Å². The third-order valence-corrected chi connectivity index (χ3v) is 7.04. The lowest BCUT2D eigenvalue weighted by Crippen LogP contribution is -2.36. The van der Waals surface area contributed by atoms with Crippen molar-refractivity contribution in [3.05, 3.63) is 70.3 Å². The van der Waals surface area contributed by atoms with E-state index in [0.29, 0.717) is 5.02 Å². The van der Waals surface area contributed by atoms with Gasteiger partial charge in [0.1, 0.15) is 47.9 Å². The third-order valence-electron chi connectivity index (χ3n) is 6.80. The topological polar surface area (TPSA) is 189 Å². The fourth-order valence-electron chi connectivity index (χ4n) is 4.48. The number of phenolic OH excluding ortho intramolecular Hbond substituents is 3. The van der Waals surface area contributed by atoms with Gasteiger partial charge in [0, 0.05) is 28.3 Å². The van der Waals surface area contributed by atoms with Crippen molar-refractivity contribution >= 4 is 35.0 Å². The minimum atomic E-state index is -1.44. The molecule has 1 amide bonds. The number of carbonyl (C=O) groups is 1. The second-order valence-electron chi connectivity index (χ2n) is 10.0. The molecule has 0 aromatic heterocycles. The Hall–Kier alpha value is -4.69. The zero-order valence-corrected chi connectivity index (χ0v) is 24.2. The predicted octanol–water partition coefficient (Wildman–Crippen LogP) is 3.65. The first-order valence-corrected chi connectivity index (χ1v) is 13.7. The number of carbonyl (C=O) groups excluding carboxylic acids is 1. The van der Waals surface area contributed by atoms with Crippen LogP contribution < -0.4 is 19.5 Å². The van der Waals surface area contributed by atoms with E-state index in [9.17, 15) is 30.3 Å². The van der Waals surface area contributed by atoms with Crippen molar-refractivity contribution < 1.29 is 54.1 Å². The first kappa shape index (κ1) is 30.8. The van der Waals surface area contributed by atoms with Gasteiger partial charge in [0.15, 0.2) is 11.5 Å². The number of aliphatic hydroxyl groups is 2. The van der Waals surface area contributed by atoms with Crippen LogP contribution in [0.2, 0.25) is 5.02 Å². The van der Waals surface area contributed by atoms with Crippen LogP contribution in [0, 0.1) is 0 Å². The van der Waals surface area contributed by atoms with Gasteiger partial charge in [-0.15, -0.1) is 0 Å². The highest BCUT2D eigenvalue weighted by atomic mass is 35.5. The summed E-state index contributed by atoms with van der Waals surface area (Å²) in [6, 6.07) is 12.4. The summed E-state index contributed by atoms with van der Waals surface area (Å²) in [5, 5.41) is 59.1. The van der Waals surface area contributed by atoms with E-state index in [1.54, 1.807) is 25.1 Å². The molecule has 1 fully saturated rings. The highest BCUT2D eigenvalue weighted by Crippen LogP contribution is 2.49. The maximum atomic E-state index is 12.8. The van der Waals surface area contributed by atoms with E-state index in [0.717, 1.165) is 5.56 Å². The molecule has 14 heteroatoms. The monoisotopic (exact) mass is 628 g/mol. The molecular formula is C30H29ClN2O11. The highest BCUT2D eigenvalue weighted by Gasteiger charge is 2.46. The van der Waals surface area contributed by atoms with Gasteiger partial charge in [-0.3, -0.25) is 4.79 Å². The summed E-state index contributed by atoms with van der Waals surface area (Å²) in [5.41, 5.74) is 1.17. The average Bonchev–Trinajstić information content (AvgIpc) is 3.56. The Labute approximate surface area is 256 Å². The first-order valence-electron chi connectivity index (χ1n) is 13.3. The molecule has 3 aromatic rings. The Morgan fingerprint density at radius 3 is 2.61 bits per heavy atom. The predicted molar refractivity (Wildman–Crippen MR) is 157 cm³/mol. The fourth-order valence-corrected chi connectivity index (χ4v) is 4.69. The van der Waals surface area contributed by atoms with Gasteiger partial charge < -0.3 is 54.6 Å². The molecule has 0 radical (unpaired) electrons. The second kappa shape index (κ2) is 12.9. The number of halogens is 1. The molecule has 0 bridgehead atoms. The number of nitrogens with zero attached hydrogens (tertiary/aromatic N) is 1. The van der Waals surface area contributed by atoms with Crippen LogP contribution in [-0.4, -0.2) is 68.5 Å². The van der Waals surface area contributed by atoms with Crippen molar-refractivity contribution in [3.8, 4) is 34.5 Å². The molecule has 2 aliphatic rings. The number of nitrogens with one attached hydrogen (secondary N) is 1. The Bertz CT molecular complexity index is 1630. The van der Waals surface area contributed by atoms with Gasteiger partial charge in [-0.25, -0.2) is 0 Å². The van der Waals surface area contributed by atoms with E-state index in [1.807, 2.05) is 6.07 Å². The van der Waals surface area contributed by atoms with E-state index in [1.165, 1.54) is 37.3 Å². The molecule has 0 unspecified atom stereocenters. The molecule has 1 saturated heterocycles. The first-order chi connectivity index (χ1) is 21.0. The molecule has 232 valence electrons. The number of fused-ring (bicyclic) bond motifs is 1. The average molecular weight is 629 g/mol. The summed E-state index contributed by atoms with van der Waals surface area (Å²) in [7, 11) is 0. The number of aliphatic hydroxyl groups excluding tert-OH is 2. The molecule has 0 aliphatic carbocycles. The zero-order chi connectivity index (χ0) is 31.5. The Kier molecular flexibility index (Phi) is 9.01. The van der Waals surface area contributed by atoms with Gasteiger partial charge in [0.05, 0.1) is 5.71 Å². The molecule has 3 aromatic carbocycles. The van der Waals surface area contributed by atoms with Gasteiger partial charge >= 0.3 is 0 Å². The Balaban J connectivity index is 1.20. The molecule has 5 rings (SSSR count). The fraction of sp³-hybridized carbons (Fsp3) is 0.267. The molecule has 2 heterocycles. The van der Waals surface area contributed by atoms with Crippen molar-refractivity contribution in [1.82, 2.24) is 0 Å². The standard InChI is InChI=1S/C30H29ClN2O11/c1-14(29(39)32-23-21(35)11-22-28(24(23)36)41-13-40-22)8-17-6-7-19(10-20(17)34)43-30-26(38)25(37)27(44-30)15(2)33-42-12-16-4-3-5-18(31)9-16/h3-11,25-27,30,34-38H,12-13H2,1-2H3,(H,32,39)/b14-8+,33-15+/t25-,26-,27+,30+/m0/s1. The maximum Gasteiger partial charge on any atom is 0.251 e. The number of oxime groups is 1. The van der Waals surface area contributed by atoms with Crippen molar-refractivity contribution in [2.75, 3.05) is 12.1 Å². The number of ether oxygens (including phenoxy) is 4. The molecular weight excluding hydrogens is 600 g/mol. The molecule has 44 heavy (non-hydrogen) atoms. The van der Waals surface area contributed by atoms with Crippen LogP contribution in [0.25, 0.3) is 6.08 Å². The number of amides is 1. The van der Waals surface area contributed by atoms with Gasteiger partial charge in [-0.1, -0.05) is 28.9 Å². The number of phenols is 3. The molecule has 6 N–H and O–H groups in total. The van der Waals surface area contributed by atoms with Gasteiger partial charge in [-0.2, -0.15) is 0 Å². The number of aromatic hydroxyl groups is 3. The summed E-state index contributed by atoms with van der Waals surface area (Å²) < 4.78 is 21.6. The quantitative estimate of drug-likeness (QED) is 0.0878. The molecule has 0 spiro atoms. The molecule has 13 nitrogen and oxygen atoms in total. The van der Waals surface area contributed by atoms with Gasteiger partial charge in [0.2, 0.25) is 18.8 Å². The normalized spacial score (nSPS) is 21.3. The lowest BCUT2D eigenvalue weighted by Gasteiger charge is -2.17. The number of hydrogen-bond acceptors (Lipinski definition) is 12. The van der Waals surface area contributed by atoms with E-state index in [4.69, 9.17) is 35.4 Å². The van der Waals surface area contributed by atoms with Crippen LogP contribution in [0.15, 0.2) is 59.3 Å². The second-order valence-corrected chi connectivity index (χ2v) is 10.5.